The van der Waals surface area contributed by atoms with Gasteiger partial charge in [0, 0.05) is 37.7 Å². The molecule has 0 radical (unpaired) electrons. The molecule has 0 spiro atoms. The number of nitrogens with zero attached hydrogens (tertiary/aromatic N) is 1. The van der Waals surface area contributed by atoms with Gasteiger partial charge in [-0.2, -0.15) is 0 Å². The minimum atomic E-state index is -0.416. The highest BCUT2D eigenvalue weighted by Crippen LogP contribution is 2.20. The summed E-state index contributed by atoms with van der Waals surface area (Å²) in [5.41, 5.74) is 0.614. The summed E-state index contributed by atoms with van der Waals surface area (Å²) in [4.78, 5) is 26.7. The van der Waals surface area contributed by atoms with Gasteiger partial charge in [0.25, 0.3) is 5.91 Å². The highest BCUT2D eigenvalue weighted by atomic mass is 16.3. The first-order valence-corrected chi connectivity index (χ1v) is 8.19. The monoisotopic (exact) mass is 317 g/mol. The van der Waals surface area contributed by atoms with E-state index in [1.807, 2.05) is 18.2 Å². The number of hydrogen-bond acceptors (Lipinski definition) is 4. The fourth-order valence-corrected chi connectivity index (χ4v) is 3.31. The highest BCUT2D eigenvalue weighted by molar-refractivity contribution is 5.97. The molecule has 2 amide bonds. The first-order chi connectivity index (χ1) is 11.2. The molecule has 3 rings (SSSR count). The van der Waals surface area contributed by atoms with Gasteiger partial charge in [0.15, 0.2) is 0 Å². The normalized spacial score (nSPS) is 27.2. The third-order valence-corrected chi connectivity index (χ3v) is 4.68. The molecule has 3 N–H and O–H groups in total. The van der Waals surface area contributed by atoms with Gasteiger partial charge in [-0.15, -0.1) is 0 Å². The first-order valence-electron chi connectivity index (χ1n) is 8.19. The lowest BCUT2D eigenvalue weighted by molar-refractivity contribution is -0.125. The number of aliphatic hydroxyl groups is 1. The van der Waals surface area contributed by atoms with E-state index in [2.05, 4.69) is 10.6 Å². The Morgan fingerprint density at radius 1 is 1.26 bits per heavy atom. The molecule has 23 heavy (non-hydrogen) atoms. The zero-order valence-corrected chi connectivity index (χ0v) is 13.1. The van der Waals surface area contributed by atoms with Crippen molar-refractivity contribution in [3.8, 4) is 0 Å². The zero-order valence-electron chi connectivity index (χ0n) is 13.1. The molecule has 2 aliphatic rings. The third kappa shape index (κ3) is 3.54. The van der Waals surface area contributed by atoms with Crippen molar-refractivity contribution in [2.45, 2.75) is 25.0 Å². The predicted octanol–water partition coefficient (Wildman–Crippen LogP) is -0.0123. The van der Waals surface area contributed by atoms with Crippen molar-refractivity contribution in [3.63, 3.8) is 0 Å². The lowest BCUT2D eigenvalue weighted by Crippen LogP contribution is -2.47. The van der Waals surface area contributed by atoms with Crippen LogP contribution < -0.4 is 10.6 Å². The van der Waals surface area contributed by atoms with E-state index in [9.17, 15) is 14.7 Å². The van der Waals surface area contributed by atoms with Crippen LogP contribution in [0.25, 0.3) is 0 Å². The van der Waals surface area contributed by atoms with Crippen molar-refractivity contribution in [3.05, 3.63) is 35.9 Å². The number of likely N-dealkylation sites (tertiary alicyclic amines) is 1. The Hall–Kier alpha value is -1.92. The van der Waals surface area contributed by atoms with Crippen LogP contribution in [0, 0.1) is 5.92 Å². The van der Waals surface area contributed by atoms with Gasteiger partial charge >= 0.3 is 0 Å². The zero-order chi connectivity index (χ0) is 16.2. The molecule has 124 valence electrons. The molecule has 0 aliphatic carbocycles. The lowest BCUT2D eigenvalue weighted by atomic mass is 10.1. The Kier molecular flexibility index (Phi) is 4.93. The molecular weight excluding hydrogens is 294 g/mol. The fraction of sp³-hybridized carbons (Fsp3) is 0.529. The number of nitrogens with one attached hydrogen (secondary N) is 2. The summed E-state index contributed by atoms with van der Waals surface area (Å²) in [6.45, 7) is 2.33. The number of benzene rings is 1. The lowest BCUT2D eigenvalue weighted by Gasteiger charge is -2.25. The average molecular weight is 317 g/mol. The fourth-order valence-electron chi connectivity index (χ4n) is 3.31. The van der Waals surface area contributed by atoms with Gasteiger partial charge in [0.2, 0.25) is 5.91 Å². The number of carbonyl (C=O) groups is 2. The Morgan fingerprint density at radius 3 is 2.74 bits per heavy atom. The van der Waals surface area contributed by atoms with E-state index in [1.165, 1.54) is 0 Å². The van der Waals surface area contributed by atoms with Crippen LogP contribution in [0.2, 0.25) is 0 Å². The number of rotatable bonds is 4. The van der Waals surface area contributed by atoms with Crippen LogP contribution in [-0.2, 0) is 4.79 Å². The number of aliphatic hydroxyl groups excluding tert-OH is 1. The van der Waals surface area contributed by atoms with E-state index >= 15 is 0 Å². The van der Waals surface area contributed by atoms with E-state index in [0.29, 0.717) is 38.2 Å². The molecule has 2 aliphatic heterocycles. The summed E-state index contributed by atoms with van der Waals surface area (Å²) >= 11 is 0. The highest BCUT2D eigenvalue weighted by Gasteiger charge is 2.35. The summed E-state index contributed by atoms with van der Waals surface area (Å²) in [6, 6.07) is 8.66. The van der Waals surface area contributed by atoms with Crippen molar-refractivity contribution >= 4 is 11.8 Å². The summed E-state index contributed by atoms with van der Waals surface area (Å²) in [5, 5.41) is 15.8. The SMILES string of the molecule is O=C(NCC1CNCC1O)C1CCCN1C(=O)c1ccccc1. The number of amides is 2. The van der Waals surface area contributed by atoms with Gasteiger partial charge in [-0.1, -0.05) is 18.2 Å². The molecule has 2 fully saturated rings. The second-order valence-electron chi connectivity index (χ2n) is 6.25. The van der Waals surface area contributed by atoms with Gasteiger partial charge in [0.05, 0.1) is 6.10 Å². The van der Waals surface area contributed by atoms with Crippen LogP contribution in [0.15, 0.2) is 30.3 Å². The molecule has 3 unspecified atom stereocenters. The Balaban J connectivity index is 1.59. The average Bonchev–Trinajstić information content (AvgIpc) is 3.22. The first kappa shape index (κ1) is 16.0. The van der Waals surface area contributed by atoms with Crippen LogP contribution in [-0.4, -0.2) is 60.1 Å². The quantitative estimate of drug-likeness (QED) is 0.729. The van der Waals surface area contributed by atoms with Crippen LogP contribution in [0.1, 0.15) is 23.2 Å². The molecular formula is C17H23N3O3. The second-order valence-corrected chi connectivity index (χ2v) is 6.25. The molecule has 6 nitrogen and oxygen atoms in total. The van der Waals surface area contributed by atoms with Crippen molar-refractivity contribution in [2.24, 2.45) is 5.92 Å². The second kappa shape index (κ2) is 7.10. The number of carbonyl (C=O) groups excluding carboxylic acids is 2. The summed E-state index contributed by atoms with van der Waals surface area (Å²) in [6.07, 6.45) is 1.11. The van der Waals surface area contributed by atoms with E-state index in [0.717, 1.165) is 6.42 Å². The number of hydrogen-bond donors (Lipinski definition) is 3. The third-order valence-electron chi connectivity index (χ3n) is 4.68. The molecule has 6 heteroatoms. The molecule has 1 aromatic rings. The molecule has 1 aromatic carbocycles. The molecule has 3 atom stereocenters. The topological polar surface area (TPSA) is 81.7 Å². The van der Waals surface area contributed by atoms with E-state index in [-0.39, 0.29) is 17.7 Å². The summed E-state index contributed by atoms with van der Waals surface area (Å²) in [5.74, 6) is -0.171. The Morgan fingerprint density at radius 2 is 2.04 bits per heavy atom. The van der Waals surface area contributed by atoms with Crippen molar-refractivity contribution in [1.82, 2.24) is 15.5 Å². The molecule has 2 heterocycles. The summed E-state index contributed by atoms with van der Waals surface area (Å²) < 4.78 is 0. The van der Waals surface area contributed by atoms with Gasteiger partial charge in [-0.25, -0.2) is 0 Å². The Labute approximate surface area is 135 Å². The maximum absolute atomic E-state index is 12.6. The maximum atomic E-state index is 12.6. The molecule has 0 aromatic heterocycles. The molecule has 0 saturated carbocycles. The van der Waals surface area contributed by atoms with Gasteiger partial charge in [-0.3, -0.25) is 9.59 Å². The maximum Gasteiger partial charge on any atom is 0.254 e. The Bertz CT molecular complexity index is 563. The predicted molar refractivity (Wildman–Crippen MR) is 85.9 cm³/mol. The van der Waals surface area contributed by atoms with E-state index in [4.69, 9.17) is 0 Å². The van der Waals surface area contributed by atoms with Crippen LogP contribution in [0.5, 0.6) is 0 Å². The van der Waals surface area contributed by atoms with Crippen molar-refractivity contribution < 1.29 is 14.7 Å². The minimum Gasteiger partial charge on any atom is -0.391 e. The van der Waals surface area contributed by atoms with Gasteiger partial charge < -0.3 is 20.6 Å². The van der Waals surface area contributed by atoms with Crippen LogP contribution in [0.4, 0.5) is 0 Å². The van der Waals surface area contributed by atoms with E-state index < -0.39 is 12.1 Å². The van der Waals surface area contributed by atoms with Crippen molar-refractivity contribution in [1.29, 1.82) is 0 Å². The van der Waals surface area contributed by atoms with Crippen LogP contribution >= 0.6 is 0 Å². The molecule has 0 bridgehead atoms. The van der Waals surface area contributed by atoms with Gasteiger partial charge in [-0.05, 0) is 25.0 Å². The standard InChI is InChI=1S/C17H23N3O3/c21-15-11-18-9-13(15)10-19-16(22)14-7-4-8-20(14)17(23)12-5-2-1-3-6-12/h1-3,5-6,13-15,18,21H,4,7-11H2,(H,19,22). The largest absolute Gasteiger partial charge is 0.391 e. The smallest absolute Gasteiger partial charge is 0.254 e. The summed E-state index contributed by atoms with van der Waals surface area (Å²) in [7, 11) is 0. The van der Waals surface area contributed by atoms with Crippen LogP contribution in [0.3, 0.4) is 0 Å². The van der Waals surface area contributed by atoms with Crippen molar-refractivity contribution in [2.75, 3.05) is 26.2 Å². The van der Waals surface area contributed by atoms with E-state index in [1.54, 1.807) is 17.0 Å². The number of β-amino-alcohol motifs (C(OH)–C–C–N with tert-alkyl or cyclic N) is 1. The van der Waals surface area contributed by atoms with Gasteiger partial charge in [0.1, 0.15) is 6.04 Å². The molecule has 2 saturated heterocycles. The minimum absolute atomic E-state index is 0.0404.